The Morgan fingerprint density at radius 2 is 1.47 bits per heavy atom. The number of anilines is 3. The van der Waals surface area contributed by atoms with Crippen molar-refractivity contribution < 1.29 is 14.3 Å². The van der Waals surface area contributed by atoms with Crippen LogP contribution in [0.4, 0.5) is 17.2 Å². The fraction of sp³-hybridized carbons (Fsp3) is 0.0800. The molecule has 0 radical (unpaired) electrons. The lowest BCUT2D eigenvalue weighted by molar-refractivity contribution is 0.102. The van der Waals surface area contributed by atoms with Gasteiger partial charge in [-0.15, -0.1) is 0 Å². The van der Waals surface area contributed by atoms with Crippen LogP contribution in [0.1, 0.15) is 10.4 Å². The Bertz CT molecular complexity index is 1230. The van der Waals surface area contributed by atoms with Gasteiger partial charge in [0.1, 0.15) is 22.9 Å². The largest absolute Gasteiger partial charge is 0.497 e. The van der Waals surface area contributed by atoms with Gasteiger partial charge in [-0.25, -0.2) is 9.97 Å². The van der Waals surface area contributed by atoms with Crippen LogP contribution in [-0.4, -0.2) is 30.1 Å². The summed E-state index contributed by atoms with van der Waals surface area (Å²) in [5.74, 6) is 1.88. The maximum Gasteiger partial charge on any atom is 0.261 e. The summed E-state index contributed by atoms with van der Waals surface area (Å²) >= 11 is 0. The second-order valence-corrected chi connectivity index (χ2v) is 6.86. The molecule has 0 bridgehead atoms. The number of rotatable bonds is 7. The van der Waals surface area contributed by atoms with Crippen molar-refractivity contribution in [2.24, 2.45) is 0 Å². The van der Waals surface area contributed by atoms with Crippen molar-refractivity contribution >= 4 is 23.1 Å². The molecule has 0 aliphatic rings. The number of nitrogens with one attached hydrogen (secondary N) is 2. The van der Waals surface area contributed by atoms with Crippen molar-refractivity contribution in [3.05, 3.63) is 90.6 Å². The fourth-order valence-electron chi connectivity index (χ4n) is 3.11. The Labute approximate surface area is 186 Å². The minimum absolute atomic E-state index is 0.301. The molecule has 0 saturated carbocycles. The SMILES string of the molecule is COc1cccc(NC(=O)c2cnc(-c3ccccc3)nc2Nc2cccc(OC)c2)c1. The monoisotopic (exact) mass is 426 g/mol. The van der Waals surface area contributed by atoms with Gasteiger partial charge in [0.15, 0.2) is 5.82 Å². The van der Waals surface area contributed by atoms with Crippen molar-refractivity contribution in [2.45, 2.75) is 0 Å². The van der Waals surface area contributed by atoms with Crippen LogP contribution in [0, 0.1) is 0 Å². The highest BCUT2D eigenvalue weighted by molar-refractivity contribution is 6.07. The standard InChI is InChI=1S/C25H22N4O3/c1-31-20-12-6-10-18(14-20)27-24-22(16-26-23(29-24)17-8-4-3-5-9-17)25(30)28-19-11-7-13-21(15-19)32-2/h3-16H,1-2H3,(H,28,30)(H,26,27,29). The number of methoxy groups -OCH3 is 2. The zero-order valence-electron chi connectivity index (χ0n) is 17.7. The molecule has 1 amide bonds. The molecular weight excluding hydrogens is 404 g/mol. The first-order chi connectivity index (χ1) is 15.7. The normalized spacial score (nSPS) is 10.3. The molecule has 32 heavy (non-hydrogen) atoms. The number of carbonyl (C=O) groups excluding carboxylic acids is 1. The molecule has 160 valence electrons. The number of benzene rings is 3. The molecule has 7 nitrogen and oxygen atoms in total. The van der Waals surface area contributed by atoms with Gasteiger partial charge in [0, 0.05) is 35.3 Å². The van der Waals surface area contributed by atoms with Gasteiger partial charge < -0.3 is 20.1 Å². The summed E-state index contributed by atoms with van der Waals surface area (Å²) in [5.41, 5.74) is 2.49. The number of aromatic nitrogens is 2. The summed E-state index contributed by atoms with van der Waals surface area (Å²) in [5, 5.41) is 6.11. The van der Waals surface area contributed by atoms with Gasteiger partial charge in [0.05, 0.1) is 14.2 Å². The molecule has 2 N–H and O–H groups in total. The summed E-state index contributed by atoms with van der Waals surface area (Å²) in [6.45, 7) is 0. The van der Waals surface area contributed by atoms with Gasteiger partial charge in [-0.2, -0.15) is 0 Å². The number of nitrogens with zero attached hydrogens (tertiary/aromatic N) is 2. The van der Waals surface area contributed by atoms with Crippen LogP contribution in [0.25, 0.3) is 11.4 Å². The van der Waals surface area contributed by atoms with Crippen LogP contribution >= 0.6 is 0 Å². The second-order valence-electron chi connectivity index (χ2n) is 6.86. The van der Waals surface area contributed by atoms with E-state index in [0.717, 1.165) is 11.3 Å². The van der Waals surface area contributed by atoms with Gasteiger partial charge in [-0.3, -0.25) is 4.79 Å². The van der Waals surface area contributed by atoms with Crippen LogP contribution in [0.2, 0.25) is 0 Å². The van der Waals surface area contributed by atoms with Crippen LogP contribution in [0.15, 0.2) is 85.1 Å². The molecule has 3 aromatic carbocycles. The molecule has 0 saturated heterocycles. The van der Waals surface area contributed by atoms with E-state index in [0.29, 0.717) is 34.4 Å². The van der Waals surface area contributed by atoms with Gasteiger partial charge in [0.25, 0.3) is 5.91 Å². The lowest BCUT2D eigenvalue weighted by Crippen LogP contribution is -2.16. The summed E-state index contributed by atoms with van der Waals surface area (Å²) < 4.78 is 10.5. The zero-order valence-corrected chi connectivity index (χ0v) is 17.7. The lowest BCUT2D eigenvalue weighted by atomic mass is 10.2. The predicted molar refractivity (Wildman–Crippen MR) is 125 cm³/mol. The lowest BCUT2D eigenvalue weighted by Gasteiger charge is -2.13. The van der Waals surface area contributed by atoms with E-state index < -0.39 is 0 Å². The molecule has 1 aromatic heterocycles. The smallest absolute Gasteiger partial charge is 0.261 e. The van der Waals surface area contributed by atoms with Crippen molar-refractivity contribution in [2.75, 3.05) is 24.9 Å². The van der Waals surface area contributed by atoms with E-state index >= 15 is 0 Å². The highest BCUT2D eigenvalue weighted by Gasteiger charge is 2.17. The predicted octanol–water partition coefficient (Wildman–Crippen LogP) is 5.16. The molecule has 4 aromatic rings. The zero-order chi connectivity index (χ0) is 22.3. The molecule has 4 rings (SSSR count). The highest BCUT2D eigenvalue weighted by Crippen LogP contribution is 2.26. The van der Waals surface area contributed by atoms with Crippen molar-refractivity contribution in [3.63, 3.8) is 0 Å². The molecule has 1 heterocycles. The van der Waals surface area contributed by atoms with Crippen molar-refractivity contribution in [3.8, 4) is 22.9 Å². The first-order valence-electron chi connectivity index (χ1n) is 9.95. The summed E-state index contributed by atoms with van der Waals surface area (Å²) in [4.78, 5) is 22.2. The molecule has 7 heteroatoms. The number of hydrogen-bond donors (Lipinski definition) is 2. The molecule has 0 aliphatic heterocycles. The van der Waals surface area contributed by atoms with Crippen LogP contribution in [0.5, 0.6) is 11.5 Å². The van der Waals surface area contributed by atoms with E-state index in [1.54, 1.807) is 32.4 Å². The van der Waals surface area contributed by atoms with E-state index in [2.05, 4.69) is 20.6 Å². The summed E-state index contributed by atoms with van der Waals surface area (Å²) in [7, 11) is 3.18. The van der Waals surface area contributed by atoms with Crippen LogP contribution < -0.4 is 20.1 Å². The molecule has 0 atom stereocenters. The molecule has 0 fully saturated rings. The number of hydrogen-bond acceptors (Lipinski definition) is 6. The average molecular weight is 426 g/mol. The minimum Gasteiger partial charge on any atom is -0.497 e. The fourth-order valence-corrected chi connectivity index (χ4v) is 3.11. The first kappa shape index (κ1) is 20.9. The Hall–Kier alpha value is -4.39. The summed E-state index contributed by atoms with van der Waals surface area (Å²) in [6.07, 6.45) is 1.52. The van der Waals surface area contributed by atoms with Gasteiger partial charge >= 0.3 is 0 Å². The van der Waals surface area contributed by atoms with Crippen LogP contribution in [-0.2, 0) is 0 Å². The van der Waals surface area contributed by atoms with Crippen molar-refractivity contribution in [1.29, 1.82) is 0 Å². The third-order valence-corrected chi connectivity index (χ3v) is 4.73. The van der Waals surface area contributed by atoms with E-state index in [-0.39, 0.29) is 5.91 Å². The van der Waals surface area contributed by atoms with Gasteiger partial charge in [0.2, 0.25) is 0 Å². The topological polar surface area (TPSA) is 85.4 Å². The maximum absolute atomic E-state index is 13.1. The van der Waals surface area contributed by atoms with Crippen LogP contribution in [0.3, 0.4) is 0 Å². The van der Waals surface area contributed by atoms with E-state index in [9.17, 15) is 4.79 Å². The molecule has 0 spiro atoms. The average Bonchev–Trinajstić information content (AvgIpc) is 2.84. The van der Waals surface area contributed by atoms with E-state index in [1.807, 2.05) is 60.7 Å². The third-order valence-electron chi connectivity index (χ3n) is 4.73. The minimum atomic E-state index is -0.344. The number of ether oxygens (including phenoxy) is 2. The Kier molecular flexibility index (Phi) is 6.27. The van der Waals surface area contributed by atoms with E-state index in [1.165, 1.54) is 6.20 Å². The van der Waals surface area contributed by atoms with Gasteiger partial charge in [-0.05, 0) is 24.3 Å². The third kappa shape index (κ3) is 4.84. The summed E-state index contributed by atoms with van der Waals surface area (Å²) in [6, 6.07) is 24.1. The second kappa shape index (κ2) is 9.61. The Morgan fingerprint density at radius 1 is 0.812 bits per heavy atom. The number of carbonyl (C=O) groups is 1. The maximum atomic E-state index is 13.1. The Morgan fingerprint density at radius 3 is 2.16 bits per heavy atom. The first-order valence-corrected chi connectivity index (χ1v) is 9.95. The van der Waals surface area contributed by atoms with E-state index in [4.69, 9.17) is 9.47 Å². The molecule has 0 aliphatic carbocycles. The quantitative estimate of drug-likeness (QED) is 0.425. The number of amides is 1. The van der Waals surface area contributed by atoms with Crippen molar-refractivity contribution in [1.82, 2.24) is 9.97 Å². The molecule has 0 unspecified atom stereocenters. The highest BCUT2D eigenvalue weighted by atomic mass is 16.5. The van der Waals surface area contributed by atoms with Gasteiger partial charge in [-0.1, -0.05) is 42.5 Å². The molecular formula is C25H22N4O3. The Balaban J connectivity index is 1.70.